The van der Waals surface area contributed by atoms with E-state index >= 15 is 0 Å². The second-order valence-corrected chi connectivity index (χ2v) is 4.44. The lowest BCUT2D eigenvalue weighted by Crippen LogP contribution is -2.14. The Kier molecular flexibility index (Phi) is 3.79. The molecule has 1 heterocycles. The van der Waals surface area contributed by atoms with Crippen molar-refractivity contribution in [2.45, 2.75) is 0 Å². The van der Waals surface area contributed by atoms with Crippen molar-refractivity contribution in [3.05, 3.63) is 46.1 Å². The van der Waals surface area contributed by atoms with Crippen LogP contribution < -0.4 is 4.90 Å². The van der Waals surface area contributed by atoms with Gasteiger partial charge in [0, 0.05) is 37.9 Å². The molecule has 0 aliphatic rings. The van der Waals surface area contributed by atoms with Gasteiger partial charge in [-0.1, -0.05) is 12.1 Å². The molecule has 1 aromatic carbocycles. The Bertz CT molecular complexity index is 715. The van der Waals surface area contributed by atoms with Gasteiger partial charge in [-0.05, 0) is 0 Å². The fraction of sp³-hybridized carbons (Fsp3) is 0.154. The molecule has 0 fully saturated rings. The molecule has 21 heavy (non-hydrogen) atoms. The fourth-order valence-electron chi connectivity index (χ4n) is 1.66. The molecule has 0 saturated carbocycles. The number of hydrogen-bond acceptors (Lipinski definition) is 6. The third kappa shape index (κ3) is 3.11. The summed E-state index contributed by atoms with van der Waals surface area (Å²) < 4.78 is 0. The predicted octanol–water partition coefficient (Wildman–Crippen LogP) is 1.82. The summed E-state index contributed by atoms with van der Waals surface area (Å²) in [6, 6.07) is 7.08. The van der Waals surface area contributed by atoms with Crippen molar-refractivity contribution >= 4 is 17.5 Å². The van der Waals surface area contributed by atoms with E-state index in [1.165, 1.54) is 24.3 Å². The molecule has 108 valence electrons. The second-order valence-electron chi connectivity index (χ2n) is 4.44. The standard InChI is InChI=1S/C13H12N4O4/c1-16(2)11-7-10(13(18)19)14-12(15-11)8-4-3-5-9(6-8)17(20)21/h3-7H,1-2H3,(H,18,19). The first kappa shape index (κ1) is 14.4. The van der Waals surface area contributed by atoms with Crippen LogP contribution in [0.1, 0.15) is 10.5 Å². The molecule has 0 aliphatic carbocycles. The summed E-state index contributed by atoms with van der Waals surface area (Å²) >= 11 is 0. The van der Waals surface area contributed by atoms with Gasteiger partial charge in [0.25, 0.3) is 5.69 Å². The van der Waals surface area contributed by atoms with Crippen LogP contribution in [-0.2, 0) is 0 Å². The van der Waals surface area contributed by atoms with Gasteiger partial charge in [0.15, 0.2) is 11.5 Å². The third-order valence-corrected chi connectivity index (χ3v) is 2.71. The molecule has 2 aromatic rings. The molecule has 1 aromatic heterocycles. The zero-order valence-electron chi connectivity index (χ0n) is 11.3. The molecule has 8 nitrogen and oxygen atoms in total. The van der Waals surface area contributed by atoms with Crippen LogP contribution in [0.5, 0.6) is 0 Å². The Balaban J connectivity index is 2.59. The molecular weight excluding hydrogens is 276 g/mol. The van der Waals surface area contributed by atoms with E-state index in [2.05, 4.69) is 9.97 Å². The molecule has 0 atom stereocenters. The van der Waals surface area contributed by atoms with Gasteiger partial charge in [0.1, 0.15) is 5.82 Å². The van der Waals surface area contributed by atoms with Gasteiger partial charge < -0.3 is 10.0 Å². The van der Waals surface area contributed by atoms with Gasteiger partial charge in [-0.25, -0.2) is 14.8 Å². The highest BCUT2D eigenvalue weighted by Gasteiger charge is 2.15. The summed E-state index contributed by atoms with van der Waals surface area (Å²) in [5.74, 6) is -0.654. The average molecular weight is 288 g/mol. The highest BCUT2D eigenvalue weighted by Crippen LogP contribution is 2.23. The maximum Gasteiger partial charge on any atom is 0.354 e. The number of benzene rings is 1. The zero-order chi connectivity index (χ0) is 15.6. The molecular formula is C13H12N4O4. The van der Waals surface area contributed by atoms with Crippen LogP contribution in [0.4, 0.5) is 11.5 Å². The van der Waals surface area contributed by atoms with Gasteiger partial charge in [0.2, 0.25) is 0 Å². The van der Waals surface area contributed by atoms with Crippen LogP contribution in [0.15, 0.2) is 30.3 Å². The molecule has 0 bridgehead atoms. The Morgan fingerprint density at radius 2 is 2.00 bits per heavy atom. The predicted molar refractivity (Wildman–Crippen MR) is 75.4 cm³/mol. The molecule has 0 spiro atoms. The summed E-state index contributed by atoms with van der Waals surface area (Å²) in [6.45, 7) is 0. The number of carboxylic acids is 1. The van der Waals surface area contributed by atoms with Crippen LogP contribution in [0.2, 0.25) is 0 Å². The van der Waals surface area contributed by atoms with E-state index in [9.17, 15) is 14.9 Å². The lowest BCUT2D eigenvalue weighted by Gasteiger charge is -2.13. The number of aromatic nitrogens is 2. The van der Waals surface area contributed by atoms with Gasteiger partial charge in [-0.2, -0.15) is 0 Å². The van der Waals surface area contributed by atoms with Crippen molar-refractivity contribution in [1.82, 2.24) is 9.97 Å². The van der Waals surface area contributed by atoms with Crippen molar-refractivity contribution in [1.29, 1.82) is 0 Å². The lowest BCUT2D eigenvalue weighted by molar-refractivity contribution is -0.384. The van der Waals surface area contributed by atoms with Gasteiger partial charge in [-0.3, -0.25) is 10.1 Å². The minimum atomic E-state index is -1.19. The second kappa shape index (κ2) is 5.53. The zero-order valence-corrected chi connectivity index (χ0v) is 11.3. The first-order chi connectivity index (χ1) is 9.88. The minimum Gasteiger partial charge on any atom is -0.477 e. The van der Waals surface area contributed by atoms with E-state index in [1.54, 1.807) is 25.1 Å². The van der Waals surface area contributed by atoms with Crippen molar-refractivity contribution in [2.24, 2.45) is 0 Å². The van der Waals surface area contributed by atoms with E-state index in [0.717, 1.165) is 0 Å². The maximum absolute atomic E-state index is 11.1. The Morgan fingerprint density at radius 3 is 2.57 bits per heavy atom. The Morgan fingerprint density at radius 1 is 1.29 bits per heavy atom. The normalized spacial score (nSPS) is 10.2. The largest absolute Gasteiger partial charge is 0.477 e. The van der Waals surface area contributed by atoms with Crippen LogP contribution in [0, 0.1) is 10.1 Å². The number of non-ortho nitro benzene ring substituents is 1. The highest BCUT2D eigenvalue weighted by atomic mass is 16.6. The van der Waals surface area contributed by atoms with Crippen molar-refractivity contribution in [3.8, 4) is 11.4 Å². The summed E-state index contributed by atoms with van der Waals surface area (Å²) in [4.78, 5) is 31.2. The molecule has 0 radical (unpaired) electrons. The van der Waals surface area contributed by atoms with Gasteiger partial charge >= 0.3 is 5.97 Å². The van der Waals surface area contributed by atoms with E-state index in [4.69, 9.17) is 5.11 Å². The van der Waals surface area contributed by atoms with Crippen LogP contribution >= 0.6 is 0 Å². The van der Waals surface area contributed by atoms with Gasteiger partial charge in [0.05, 0.1) is 4.92 Å². The smallest absolute Gasteiger partial charge is 0.354 e. The minimum absolute atomic E-state index is 0.108. The number of carbonyl (C=O) groups is 1. The SMILES string of the molecule is CN(C)c1cc(C(=O)O)nc(-c2cccc([N+](=O)[O-])c2)n1. The Labute approximate surface area is 119 Å². The molecule has 1 N–H and O–H groups in total. The third-order valence-electron chi connectivity index (χ3n) is 2.71. The summed E-state index contributed by atoms with van der Waals surface area (Å²) in [7, 11) is 3.43. The topological polar surface area (TPSA) is 109 Å². The number of rotatable bonds is 4. The first-order valence-electron chi connectivity index (χ1n) is 5.93. The highest BCUT2D eigenvalue weighted by molar-refractivity contribution is 5.87. The number of nitro benzene ring substituents is 1. The summed E-state index contributed by atoms with van der Waals surface area (Å²) in [5, 5.41) is 19.9. The quantitative estimate of drug-likeness (QED) is 0.674. The van der Waals surface area contributed by atoms with Crippen LogP contribution in [0.25, 0.3) is 11.4 Å². The molecule has 0 saturated heterocycles. The van der Waals surface area contributed by atoms with Crippen LogP contribution in [-0.4, -0.2) is 40.1 Å². The van der Waals surface area contributed by atoms with E-state index in [-0.39, 0.29) is 17.2 Å². The summed E-state index contributed by atoms with van der Waals surface area (Å²) in [6.07, 6.45) is 0. The number of nitrogens with zero attached hydrogens (tertiary/aromatic N) is 4. The van der Waals surface area contributed by atoms with Gasteiger partial charge in [-0.15, -0.1) is 0 Å². The van der Waals surface area contributed by atoms with Crippen molar-refractivity contribution in [2.75, 3.05) is 19.0 Å². The summed E-state index contributed by atoms with van der Waals surface area (Å²) in [5.41, 5.74) is 0.105. The van der Waals surface area contributed by atoms with Crippen molar-refractivity contribution < 1.29 is 14.8 Å². The number of aromatic carboxylic acids is 1. The number of hydrogen-bond donors (Lipinski definition) is 1. The lowest BCUT2D eigenvalue weighted by atomic mass is 10.2. The Hall–Kier alpha value is -3.03. The molecule has 8 heteroatoms. The number of nitro groups is 1. The monoisotopic (exact) mass is 288 g/mol. The molecule has 0 unspecified atom stereocenters. The number of carboxylic acid groups (broad SMARTS) is 1. The van der Waals surface area contributed by atoms with E-state index in [0.29, 0.717) is 11.4 Å². The molecule has 0 aliphatic heterocycles. The fourth-order valence-corrected chi connectivity index (χ4v) is 1.66. The van der Waals surface area contributed by atoms with E-state index in [1.807, 2.05) is 0 Å². The van der Waals surface area contributed by atoms with Crippen LogP contribution in [0.3, 0.4) is 0 Å². The average Bonchev–Trinajstić information content (AvgIpc) is 2.46. The first-order valence-corrected chi connectivity index (χ1v) is 5.93. The van der Waals surface area contributed by atoms with Crippen molar-refractivity contribution in [3.63, 3.8) is 0 Å². The molecule has 0 amide bonds. The van der Waals surface area contributed by atoms with E-state index < -0.39 is 10.9 Å². The molecule has 2 rings (SSSR count). The number of anilines is 1. The maximum atomic E-state index is 11.1.